The van der Waals surface area contributed by atoms with Gasteiger partial charge in [-0.3, -0.25) is 0 Å². The van der Waals surface area contributed by atoms with E-state index < -0.39 is 17.9 Å². The van der Waals surface area contributed by atoms with E-state index in [1.165, 1.54) is 12.1 Å². The molecule has 176 valence electrons. The summed E-state index contributed by atoms with van der Waals surface area (Å²) in [5.41, 5.74) is 2.20. The highest BCUT2D eigenvalue weighted by Gasteiger charge is 2.13. The van der Waals surface area contributed by atoms with Gasteiger partial charge in [-0.1, -0.05) is 24.3 Å². The van der Waals surface area contributed by atoms with Crippen molar-refractivity contribution in [3.8, 4) is 0 Å². The van der Waals surface area contributed by atoms with Crippen LogP contribution in [-0.4, -0.2) is 55.8 Å². The van der Waals surface area contributed by atoms with Gasteiger partial charge in [0, 0.05) is 25.7 Å². The minimum Gasteiger partial charge on any atom is -0.478 e. The Morgan fingerprint density at radius 1 is 0.735 bits per heavy atom. The zero-order valence-electron chi connectivity index (χ0n) is 18.1. The lowest BCUT2D eigenvalue weighted by Crippen LogP contribution is -2.40. The molecule has 0 aliphatic heterocycles. The van der Waals surface area contributed by atoms with Gasteiger partial charge in [0.2, 0.25) is 0 Å². The number of carboxylic acid groups (broad SMARTS) is 3. The fourth-order valence-electron chi connectivity index (χ4n) is 3.30. The molecule has 34 heavy (non-hydrogen) atoms. The van der Waals surface area contributed by atoms with E-state index in [0.717, 1.165) is 5.56 Å². The van der Waals surface area contributed by atoms with Crippen molar-refractivity contribution in [1.82, 2.24) is 20.6 Å². The molecular weight excluding hydrogens is 440 g/mol. The van der Waals surface area contributed by atoms with Gasteiger partial charge in [0.05, 0.1) is 17.0 Å². The second-order valence-corrected chi connectivity index (χ2v) is 7.55. The lowest BCUT2D eigenvalue weighted by molar-refractivity contribution is 0.0679. The third kappa shape index (κ3) is 7.19. The Bertz CT molecular complexity index is 1170. The molecular formula is C24H24N4O6. The number of carbonyl (C=O) groups is 3. The number of carboxylic acids is 3. The fourth-order valence-corrected chi connectivity index (χ4v) is 3.30. The van der Waals surface area contributed by atoms with Crippen molar-refractivity contribution < 1.29 is 29.7 Å². The standard InChI is InChI=1S/C24H24N4O6/c29-22(30)16-9-7-15(8-10-16)11-19(26-14-18-4-2-6-21(28-18)24(33)34)13-25-12-17-3-1-5-20(27-17)23(31)32/h1-10,19,25-26H,11-14H2,(H,29,30)(H,31,32)(H,33,34). The predicted octanol–water partition coefficient (Wildman–Crippen LogP) is 2.06. The third-order valence-corrected chi connectivity index (χ3v) is 5.00. The summed E-state index contributed by atoms with van der Waals surface area (Å²) in [5.74, 6) is -3.19. The summed E-state index contributed by atoms with van der Waals surface area (Å²) >= 11 is 0. The third-order valence-electron chi connectivity index (χ3n) is 5.00. The minimum absolute atomic E-state index is 0.0307. The van der Waals surface area contributed by atoms with E-state index in [-0.39, 0.29) is 23.0 Å². The van der Waals surface area contributed by atoms with Crippen molar-refractivity contribution in [1.29, 1.82) is 0 Å². The number of benzene rings is 1. The van der Waals surface area contributed by atoms with Crippen molar-refractivity contribution in [2.75, 3.05) is 6.54 Å². The first-order chi connectivity index (χ1) is 16.3. The van der Waals surface area contributed by atoms with Crippen LogP contribution in [-0.2, 0) is 19.5 Å². The SMILES string of the molecule is O=C(O)c1ccc(CC(CNCc2cccc(C(=O)O)n2)NCc2cccc(C(=O)O)n2)cc1. The quantitative estimate of drug-likeness (QED) is 0.268. The van der Waals surface area contributed by atoms with Gasteiger partial charge in [-0.05, 0) is 48.4 Å². The monoisotopic (exact) mass is 464 g/mol. The number of hydrogen-bond donors (Lipinski definition) is 5. The van der Waals surface area contributed by atoms with Crippen LogP contribution in [0, 0.1) is 0 Å². The molecule has 2 aromatic heterocycles. The maximum atomic E-state index is 11.2. The van der Waals surface area contributed by atoms with Gasteiger partial charge in [0.15, 0.2) is 0 Å². The lowest BCUT2D eigenvalue weighted by atomic mass is 10.0. The Hall–Kier alpha value is -4.15. The van der Waals surface area contributed by atoms with Crippen LogP contribution < -0.4 is 10.6 Å². The van der Waals surface area contributed by atoms with E-state index in [2.05, 4.69) is 20.6 Å². The van der Waals surface area contributed by atoms with Gasteiger partial charge in [0.25, 0.3) is 0 Å². The molecule has 3 aromatic rings. The number of pyridine rings is 2. The molecule has 2 heterocycles. The van der Waals surface area contributed by atoms with E-state index in [1.807, 2.05) is 0 Å². The van der Waals surface area contributed by atoms with Crippen LogP contribution in [0.25, 0.3) is 0 Å². The van der Waals surface area contributed by atoms with E-state index >= 15 is 0 Å². The molecule has 0 saturated heterocycles. The number of hydrogen-bond acceptors (Lipinski definition) is 7. The number of nitrogens with one attached hydrogen (secondary N) is 2. The Balaban J connectivity index is 1.67. The van der Waals surface area contributed by atoms with Crippen LogP contribution in [0.1, 0.15) is 48.3 Å². The second-order valence-electron chi connectivity index (χ2n) is 7.55. The maximum Gasteiger partial charge on any atom is 0.354 e. The summed E-state index contributed by atoms with van der Waals surface area (Å²) < 4.78 is 0. The summed E-state index contributed by atoms with van der Waals surface area (Å²) in [4.78, 5) is 41.6. The van der Waals surface area contributed by atoms with E-state index in [9.17, 15) is 14.4 Å². The molecule has 0 saturated carbocycles. The van der Waals surface area contributed by atoms with E-state index in [4.69, 9.17) is 15.3 Å². The molecule has 1 unspecified atom stereocenters. The van der Waals surface area contributed by atoms with E-state index in [1.54, 1.807) is 48.5 Å². The molecule has 0 bridgehead atoms. The second kappa shape index (κ2) is 11.6. The Morgan fingerprint density at radius 2 is 1.29 bits per heavy atom. The van der Waals surface area contributed by atoms with Gasteiger partial charge in [-0.25, -0.2) is 24.4 Å². The molecule has 3 rings (SSSR count). The highest BCUT2D eigenvalue weighted by atomic mass is 16.4. The van der Waals surface area contributed by atoms with Gasteiger partial charge in [-0.15, -0.1) is 0 Å². The Kier molecular flexibility index (Phi) is 8.38. The topological polar surface area (TPSA) is 162 Å². The Labute approximate surface area is 195 Å². The van der Waals surface area contributed by atoms with Crippen molar-refractivity contribution in [2.24, 2.45) is 0 Å². The number of aromatic nitrogens is 2. The zero-order chi connectivity index (χ0) is 24.5. The number of aromatic carboxylic acids is 3. The Morgan fingerprint density at radius 3 is 1.82 bits per heavy atom. The number of rotatable bonds is 12. The van der Waals surface area contributed by atoms with Crippen molar-refractivity contribution in [3.05, 3.63) is 94.6 Å². The highest BCUT2D eigenvalue weighted by Crippen LogP contribution is 2.09. The minimum atomic E-state index is -1.10. The van der Waals surface area contributed by atoms with Crippen molar-refractivity contribution in [2.45, 2.75) is 25.6 Å². The first kappa shape index (κ1) is 24.5. The largest absolute Gasteiger partial charge is 0.478 e. The van der Waals surface area contributed by atoms with Crippen molar-refractivity contribution in [3.63, 3.8) is 0 Å². The summed E-state index contributed by atoms with van der Waals surface area (Å²) in [5, 5.41) is 34.0. The fraction of sp³-hybridized carbons (Fsp3) is 0.208. The summed E-state index contributed by atoms with van der Waals surface area (Å²) in [6.07, 6.45) is 0.564. The van der Waals surface area contributed by atoms with Gasteiger partial charge >= 0.3 is 17.9 Å². The van der Waals surface area contributed by atoms with Crippen LogP contribution in [0.2, 0.25) is 0 Å². The smallest absolute Gasteiger partial charge is 0.354 e. The molecule has 10 heteroatoms. The molecule has 0 spiro atoms. The molecule has 5 N–H and O–H groups in total. The van der Waals surface area contributed by atoms with Crippen LogP contribution >= 0.6 is 0 Å². The molecule has 0 aliphatic rings. The molecule has 1 atom stereocenters. The average molecular weight is 464 g/mol. The van der Waals surface area contributed by atoms with Gasteiger partial charge in [0.1, 0.15) is 11.4 Å². The maximum absolute atomic E-state index is 11.2. The highest BCUT2D eigenvalue weighted by molar-refractivity contribution is 5.87. The first-order valence-corrected chi connectivity index (χ1v) is 10.5. The van der Waals surface area contributed by atoms with Crippen LogP contribution in [0.5, 0.6) is 0 Å². The number of nitrogens with zero attached hydrogens (tertiary/aromatic N) is 2. The molecule has 0 amide bonds. The van der Waals surface area contributed by atoms with Crippen LogP contribution in [0.3, 0.4) is 0 Å². The first-order valence-electron chi connectivity index (χ1n) is 10.5. The van der Waals surface area contributed by atoms with Gasteiger partial charge in [-0.2, -0.15) is 0 Å². The molecule has 0 radical (unpaired) electrons. The van der Waals surface area contributed by atoms with Crippen LogP contribution in [0.4, 0.5) is 0 Å². The molecule has 0 fully saturated rings. The average Bonchev–Trinajstić information content (AvgIpc) is 2.83. The lowest BCUT2D eigenvalue weighted by Gasteiger charge is -2.20. The molecule has 0 aliphatic carbocycles. The molecule has 10 nitrogen and oxygen atoms in total. The van der Waals surface area contributed by atoms with E-state index in [0.29, 0.717) is 37.4 Å². The van der Waals surface area contributed by atoms with Crippen LogP contribution in [0.15, 0.2) is 60.7 Å². The molecule has 1 aromatic carbocycles. The summed E-state index contributed by atoms with van der Waals surface area (Å²) in [6, 6.07) is 16.0. The predicted molar refractivity (Wildman–Crippen MR) is 122 cm³/mol. The normalized spacial score (nSPS) is 11.6. The summed E-state index contributed by atoms with van der Waals surface area (Å²) in [6.45, 7) is 1.16. The van der Waals surface area contributed by atoms with Crippen molar-refractivity contribution >= 4 is 17.9 Å². The summed E-state index contributed by atoms with van der Waals surface area (Å²) in [7, 11) is 0. The van der Waals surface area contributed by atoms with Gasteiger partial charge < -0.3 is 26.0 Å². The zero-order valence-corrected chi connectivity index (χ0v) is 18.1.